The van der Waals surface area contributed by atoms with Gasteiger partial charge in [-0.2, -0.15) is 5.26 Å². The van der Waals surface area contributed by atoms with Crippen LogP contribution in [0.15, 0.2) is 6.33 Å². The van der Waals surface area contributed by atoms with Crippen molar-refractivity contribution in [3.63, 3.8) is 0 Å². The van der Waals surface area contributed by atoms with E-state index in [0.29, 0.717) is 12.3 Å². The smallest absolute Gasteiger partial charge is 0.225 e. The minimum Gasteiger partial charge on any atom is -0.474 e. The topological polar surface area (TPSA) is 58.8 Å². The lowest BCUT2D eigenvalue weighted by Crippen LogP contribution is -2.16. The van der Waals surface area contributed by atoms with Gasteiger partial charge in [0.15, 0.2) is 0 Å². The zero-order valence-electron chi connectivity index (χ0n) is 14.5. The summed E-state index contributed by atoms with van der Waals surface area (Å²) in [4.78, 5) is 11.4. The van der Waals surface area contributed by atoms with Crippen molar-refractivity contribution in [3.05, 3.63) is 16.8 Å². The molecular formula is C19H25N3OS. The van der Waals surface area contributed by atoms with Crippen molar-refractivity contribution in [3.8, 4) is 11.9 Å². The standard InChI is InChI=1S/C19H25N3OS/c1-3-7-14(4-2)23-18-17-16-13(9-6-11-20)8-5-10-15(16)24-19(17)22-12-21-18/h12-14H,3-10H2,1-2H3. The number of nitriles is 1. The molecule has 4 nitrogen and oxygen atoms in total. The normalized spacial score (nSPS) is 18.1. The number of aromatic nitrogens is 2. The van der Waals surface area contributed by atoms with Crippen LogP contribution in [0.3, 0.4) is 0 Å². The molecule has 0 N–H and O–H groups in total. The monoisotopic (exact) mass is 343 g/mol. The molecule has 1 aliphatic rings. The quantitative estimate of drug-likeness (QED) is 0.678. The van der Waals surface area contributed by atoms with Crippen molar-refractivity contribution in [2.24, 2.45) is 0 Å². The summed E-state index contributed by atoms with van der Waals surface area (Å²) in [6, 6.07) is 2.30. The van der Waals surface area contributed by atoms with Gasteiger partial charge in [0.25, 0.3) is 0 Å². The predicted molar refractivity (Wildman–Crippen MR) is 97.6 cm³/mol. The first-order valence-corrected chi connectivity index (χ1v) is 9.89. The van der Waals surface area contributed by atoms with Gasteiger partial charge in [0.2, 0.25) is 5.88 Å². The molecule has 2 atom stereocenters. The maximum absolute atomic E-state index is 8.98. The van der Waals surface area contributed by atoms with E-state index in [2.05, 4.69) is 29.9 Å². The lowest BCUT2D eigenvalue weighted by atomic mass is 9.83. The molecule has 2 aromatic heterocycles. The van der Waals surface area contributed by atoms with Gasteiger partial charge < -0.3 is 4.74 Å². The van der Waals surface area contributed by atoms with Crippen LogP contribution in [0.5, 0.6) is 5.88 Å². The van der Waals surface area contributed by atoms with Crippen LogP contribution in [0.1, 0.15) is 75.2 Å². The second-order valence-corrected chi connectivity index (χ2v) is 7.60. The number of fused-ring (bicyclic) bond motifs is 3. The Balaban J connectivity index is 2.02. The van der Waals surface area contributed by atoms with Crippen molar-refractivity contribution in [2.75, 3.05) is 0 Å². The lowest BCUT2D eigenvalue weighted by molar-refractivity contribution is 0.180. The predicted octanol–water partition coefficient (Wildman–Crippen LogP) is 5.37. The molecular weight excluding hydrogens is 318 g/mol. The maximum Gasteiger partial charge on any atom is 0.225 e. The number of aryl methyl sites for hydroxylation is 1. The fourth-order valence-corrected chi connectivity index (χ4v) is 4.94. The van der Waals surface area contributed by atoms with E-state index in [1.54, 1.807) is 17.7 Å². The van der Waals surface area contributed by atoms with Gasteiger partial charge in [-0.25, -0.2) is 9.97 Å². The summed E-state index contributed by atoms with van der Waals surface area (Å²) in [5.41, 5.74) is 1.37. The number of ether oxygens (including phenoxy) is 1. The Labute approximate surface area is 147 Å². The van der Waals surface area contributed by atoms with E-state index in [1.165, 1.54) is 16.9 Å². The number of hydrogen-bond donors (Lipinski definition) is 0. The summed E-state index contributed by atoms with van der Waals surface area (Å²) < 4.78 is 6.29. The third-order valence-corrected chi connectivity index (χ3v) is 6.05. The van der Waals surface area contributed by atoms with Gasteiger partial charge in [-0.15, -0.1) is 11.3 Å². The molecule has 0 aromatic carbocycles. The Morgan fingerprint density at radius 1 is 1.42 bits per heavy atom. The Morgan fingerprint density at radius 3 is 3.04 bits per heavy atom. The molecule has 0 radical (unpaired) electrons. The number of rotatable bonds is 7. The van der Waals surface area contributed by atoms with E-state index >= 15 is 0 Å². The second kappa shape index (κ2) is 7.94. The molecule has 0 saturated carbocycles. The van der Waals surface area contributed by atoms with Crippen molar-refractivity contribution in [1.29, 1.82) is 5.26 Å². The van der Waals surface area contributed by atoms with Crippen LogP contribution in [0, 0.1) is 11.3 Å². The largest absolute Gasteiger partial charge is 0.474 e. The summed E-state index contributed by atoms with van der Waals surface area (Å²) in [5, 5.41) is 10.1. The van der Waals surface area contributed by atoms with E-state index in [1.807, 2.05) is 0 Å². The molecule has 0 fully saturated rings. The third-order valence-electron chi connectivity index (χ3n) is 4.88. The molecule has 3 rings (SSSR count). The van der Waals surface area contributed by atoms with Gasteiger partial charge in [-0.05, 0) is 50.0 Å². The summed E-state index contributed by atoms with van der Waals surface area (Å²) in [5.74, 6) is 1.20. The van der Waals surface area contributed by atoms with E-state index < -0.39 is 0 Å². The minimum absolute atomic E-state index is 0.213. The van der Waals surface area contributed by atoms with Gasteiger partial charge in [-0.1, -0.05) is 20.3 Å². The van der Waals surface area contributed by atoms with Crippen molar-refractivity contribution >= 4 is 21.6 Å². The highest BCUT2D eigenvalue weighted by Crippen LogP contribution is 2.46. The highest BCUT2D eigenvalue weighted by atomic mass is 32.1. The number of hydrogen-bond acceptors (Lipinski definition) is 5. The zero-order valence-corrected chi connectivity index (χ0v) is 15.4. The van der Waals surface area contributed by atoms with Gasteiger partial charge in [0, 0.05) is 11.3 Å². The Hall–Kier alpha value is -1.67. The van der Waals surface area contributed by atoms with Gasteiger partial charge in [0.1, 0.15) is 17.3 Å². The molecule has 24 heavy (non-hydrogen) atoms. The molecule has 5 heteroatoms. The van der Waals surface area contributed by atoms with E-state index in [0.717, 1.165) is 54.6 Å². The van der Waals surface area contributed by atoms with Crippen molar-refractivity contribution in [1.82, 2.24) is 9.97 Å². The highest BCUT2D eigenvalue weighted by molar-refractivity contribution is 7.18. The first-order valence-electron chi connectivity index (χ1n) is 9.08. The first-order chi connectivity index (χ1) is 11.8. The third kappa shape index (κ3) is 3.39. The summed E-state index contributed by atoms with van der Waals surface area (Å²) in [6.45, 7) is 4.35. The number of thiophene rings is 1. The van der Waals surface area contributed by atoms with Crippen LogP contribution < -0.4 is 4.74 Å². The molecule has 0 bridgehead atoms. The van der Waals surface area contributed by atoms with Crippen LogP contribution in [0.25, 0.3) is 10.2 Å². The van der Waals surface area contributed by atoms with Gasteiger partial charge in [0.05, 0.1) is 11.5 Å². The average Bonchev–Trinajstić information content (AvgIpc) is 2.99. The van der Waals surface area contributed by atoms with Crippen LogP contribution in [-0.2, 0) is 6.42 Å². The van der Waals surface area contributed by atoms with Crippen LogP contribution in [0.4, 0.5) is 0 Å². The van der Waals surface area contributed by atoms with Crippen LogP contribution in [0.2, 0.25) is 0 Å². The second-order valence-electron chi connectivity index (χ2n) is 6.52. The fraction of sp³-hybridized carbons (Fsp3) is 0.632. The molecule has 0 aliphatic heterocycles. The van der Waals surface area contributed by atoms with Crippen molar-refractivity contribution in [2.45, 2.75) is 77.2 Å². The summed E-state index contributed by atoms with van der Waals surface area (Å²) >= 11 is 1.79. The lowest BCUT2D eigenvalue weighted by Gasteiger charge is -2.23. The fourth-order valence-electron chi connectivity index (χ4n) is 3.69. The molecule has 2 aromatic rings. The van der Waals surface area contributed by atoms with Crippen LogP contribution in [-0.4, -0.2) is 16.1 Å². The molecule has 0 spiro atoms. The average molecular weight is 343 g/mol. The highest BCUT2D eigenvalue weighted by Gasteiger charge is 2.28. The Morgan fingerprint density at radius 2 is 2.29 bits per heavy atom. The summed E-state index contributed by atoms with van der Waals surface area (Å²) in [6.07, 6.45) is 10.00. The molecule has 128 valence electrons. The van der Waals surface area contributed by atoms with Gasteiger partial charge in [-0.3, -0.25) is 0 Å². The zero-order chi connectivity index (χ0) is 16.9. The van der Waals surface area contributed by atoms with Crippen LogP contribution >= 0.6 is 11.3 Å². The Kier molecular flexibility index (Phi) is 5.68. The van der Waals surface area contributed by atoms with E-state index in [-0.39, 0.29) is 6.10 Å². The van der Waals surface area contributed by atoms with E-state index in [4.69, 9.17) is 10.00 Å². The summed E-state index contributed by atoms with van der Waals surface area (Å²) in [7, 11) is 0. The molecule has 2 unspecified atom stereocenters. The number of nitrogens with zero attached hydrogens (tertiary/aromatic N) is 3. The molecule has 0 amide bonds. The maximum atomic E-state index is 8.98. The Bertz CT molecular complexity index is 734. The van der Waals surface area contributed by atoms with E-state index in [9.17, 15) is 0 Å². The van der Waals surface area contributed by atoms with Gasteiger partial charge >= 0.3 is 0 Å². The molecule has 1 aliphatic carbocycles. The minimum atomic E-state index is 0.213. The molecule has 0 saturated heterocycles. The SMILES string of the molecule is CCCC(CC)Oc1ncnc2sc3c(c12)C(CCC#N)CCC3. The van der Waals surface area contributed by atoms with Crippen molar-refractivity contribution < 1.29 is 4.74 Å². The molecule has 2 heterocycles. The first kappa shape index (κ1) is 17.2.